The molecule has 0 aliphatic heterocycles. The molecule has 1 rings (SSSR count). The smallest absolute Gasteiger partial charge is 0.133 e. The average Bonchev–Trinajstić information content (AvgIpc) is 2.45. The summed E-state index contributed by atoms with van der Waals surface area (Å²) >= 11 is 0. The molecule has 0 atom stereocenters. The zero-order chi connectivity index (χ0) is 13.8. The van der Waals surface area contributed by atoms with Crippen molar-refractivity contribution in [3.63, 3.8) is 0 Å². The molecule has 0 N–H and O–H groups in total. The molecule has 1 aromatic rings. The van der Waals surface area contributed by atoms with E-state index < -0.39 is 0 Å². The van der Waals surface area contributed by atoms with Crippen LogP contribution in [0.5, 0.6) is 0 Å². The predicted octanol–water partition coefficient (Wildman–Crippen LogP) is 5.11. The molecule has 1 nitrogen and oxygen atoms in total. The summed E-state index contributed by atoms with van der Waals surface area (Å²) in [5.74, 6) is 0.413. The van der Waals surface area contributed by atoms with E-state index in [1.54, 1.807) is 0 Å². The Morgan fingerprint density at radius 3 is 2.47 bits per heavy atom. The molecule has 1 aromatic carbocycles. The molecule has 0 bridgehead atoms. The summed E-state index contributed by atoms with van der Waals surface area (Å²) in [4.78, 5) is 11.4. The lowest BCUT2D eigenvalue weighted by molar-refractivity contribution is -0.119. The van der Waals surface area contributed by atoms with Gasteiger partial charge in [0, 0.05) is 12.8 Å². The minimum atomic E-state index is 0.413. The van der Waals surface area contributed by atoms with Gasteiger partial charge in [0.2, 0.25) is 0 Å². The number of hydrogen-bond donors (Lipinski definition) is 0. The van der Waals surface area contributed by atoms with Gasteiger partial charge in [0.15, 0.2) is 0 Å². The molecule has 104 valence electrons. The van der Waals surface area contributed by atoms with E-state index in [0.29, 0.717) is 5.78 Å². The number of benzene rings is 1. The molecule has 1 heteroatoms. The largest absolute Gasteiger partial charge is 0.300 e. The minimum absolute atomic E-state index is 0.413. The molecule has 0 fully saturated rings. The standard InChI is InChI=1S/C18H26O/c1-2-3-15-18(19)16-11-6-4-5-8-12-17-13-9-7-10-14-17/h4,6-7,9-10,13-14H,2-3,5,8,11-12,15-16H2,1H3/b6-4+. The maximum atomic E-state index is 11.4. The van der Waals surface area contributed by atoms with E-state index in [9.17, 15) is 4.79 Å². The van der Waals surface area contributed by atoms with Crippen molar-refractivity contribution in [2.75, 3.05) is 0 Å². The first-order chi connectivity index (χ1) is 9.33. The number of allylic oxidation sites excluding steroid dienone is 2. The summed E-state index contributed by atoms with van der Waals surface area (Å²) in [6, 6.07) is 10.6. The van der Waals surface area contributed by atoms with Crippen molar-refractivity contribution in [3.05, 3.63) is 48.0 Å². The number of Topliss-reactive ketones (excluding diaryl/α,β-unsaturated/α-hetero) is 1. The maximum Gasteiger partial charge on any atom is 0.133 e. The first kappa shape index (κ1) is 15.7. The van der Waals surface area contributed by atoms with Crippen LogP contribution in [-0.4, -0.2) is 5.78 Å². The molecule has 19 heavy (non-hydrogen) atoms. The Balaban J connectivity index is 2.00. The Kier molecular flexibility index (Phi) is 8.70. The Bertz CT molecular complexity index is 365. The van der Waals surface area contributed by atoms with Crippen LogP contribution in [0.3, 0.4) is 0 Å². The highest BCUT2D eigenvalue weighted by molar-refractivity contribution is 5.78. The van der Waals surface area contributed by atoms with Gasteiger partial charge in [-0.15, -0.1) is 0 Å². The van der Waals surface area contributed by atoms with Gasteiger partial charge in [-0.2, -0.15) is 0 Å². The van der Waals surface area contributed by atoms with E-state index in [2.05, 4.69) is 49.4 Å². The molecule has 0 aliphatic rings. The molecule has 0 saturated carbocycles. The highest BCUT2D eigenvalue weighted by Crippen LogP contribution is 2.06. The number of carbonyl (C=O) groups excluding carboxylic acids is 1. The first-order valence-electron chi connectivity index (χ1n) is 7.53. The van der Waals surface area contributed by atoms with Gasteiger partial charge in [0.1, 0.15) is 5.78 Å². The average molecular weight is 258 g/mol. The van der Waals surface area contributed by atoms with Crippen LogP contribution in [0.4, 0.5) is 0 Å². The van der Waals surface area contributed by atoms with Crippen LogP contribution in [0, 0.1) is 0 Å². The summed E-state index contributed by atoms with van der Waals surface area (Å²) in [6.07, 6.45) is 12.4. The minimum Gasteiger partial charge on any atom is -0.300 e. The van der Waals surface area contributed by atoms with Crippen molar-refractivity contribution < 1.29 is 4.79 Å². The second-order valence-corrected chi connectivity index (χ2v) is 5.03. The Labute approximate surface area is 117 Å². The third kappa shape index (κ3) is 8.36. The number of carbonyl (C=O) groups is 1. The summed E-state index contributed by atoms with van der Waals surface area (Å²) in [7, 11) is 0. The number of unbranched alkanes of at least 4 members (excludes halogenated alkanes) is 2. The van der Waals surface area contributed by atoms with Gasteiger partial charge in [0.05, 0.1) is 0 Å². The third-order valence-electron chi connectivity index (χ3n) is 3.24. The maximum absolute atomic E-state index is 11.4. The highest BCUT2D eigenvalue weighted by atomic mass is 16.1. The molecule has 0 aromatic heterocycles. The van der Waals surface area contributed by atoms with Gasteiger partial charge in [-0.05, 0) is 37.7 Å². The fraction of sp³-hybridized carbons (Fsp3) is 0.500. The van der Waals surface area contributed by atoms with E-state index in [1.165, 1.54) is 12.0 Å². The van der Waals surface area contributed by atoms with Crippen molar-refractivity contribution in [2.45, 2.75) is 58.3 Å². The molecule has 0 amide bonds. The molecule has 0 heterocycles. The summed E-state index contributed by atoms with van der Waals surface area (Å²) in [5, 5.41) is 0. The Morgan fingerprint density at radius 1 is 1.00 bits per heavy atom. The Hall–Kier alpha value is -1.37. The quantitative estimate of drug-likeness (QED) is 0.421. The number of ketones is 1. The van der Waals surface area contributed by atoms with Crippen LogP contribution in [0.25, 0.3) is 0 Å². The van der Waals surface area contributed by atoms with Crippen molar-refractivity contribution in [1.82, 2.24) is 0 Å². The zero-order valence-corrected chi connectivity index (χ0v) is 12.1. The summed E-state index contributed by atoms with van der Waals surface area (Å²) in [5.41, 5.74) is 1.41. The molecule has 0 spiro atoms. The van der Waals surface area contributed by atoms with Crippen LogP contribution in [-0.2, 0) is 11.2 Å². The van der Waals surface area contributed by atoms with E-state index in [0.717, 1.165) is 44.9 Å². The second kappa shape index (κ2) is 10.5. The van der Waals surface area contributed by atoms with E-state index >= 15 is 0 Å². The van der Waals surface area contributed by atoms with Gasteiger partial charge in [-0.1, -0.05) is 55.8 Å². The molecular weight excluding hydrogens is 232 g/mol. The second-order valence-electron chi connectivity index (χ2n) is 5.03. The van der Waals surface area contributed by atoms with Crippen molar-refractivity contribution in [3.8, 4) is 0 Å². The number of rotatable bonds is 10. The van der Waals surface area contributed by atoms with Crippen LogP contribution >= 0.6 is 0 Å². The van der Waals surface area contributed by atoms with Crippen LogP contribution < -0.4 is 0 Å². The lowest BCUT2D eigenvalue weighted by Gasteiger charge is -1.98. The lowest BCUT2D eigenvalue weighted by Crippen LogP contribution is -1.95. The fourth-order valence-corrected chi connectivity index (χ4v) is 2.05. The van der Waals surface area contributed by atoms with E-state index in [4.69, 9.17) is 0 Å². The molecule has 0 aliphatic carbocycles. The highest BCUT2D eigenvalue weighted by Gasteiger charge is 1.98. The van der Waals surface area contributed by atoms with Crippen molar-refractivity contribution in [2.24, 2.45) is 0 Å². The lowest BCUT2D eigenvalue weighted by atomic mass is 10.1. The van der Waals surface area contributed by atoms with Gasteiger partial charge in [0.25, 0.3) is 0 Å². The molecule has 0 unspecified atom stereocenters. The SMILES string of the molecule is CCCCC(=O)CC/C=C/CCCc1ccccc1. The van der Waals surface area contributed by atoms with Gasteiger partial charge in [-0.3, -0.25) is 4.79 Å². The van der Waals surface area contributed by atoms with E-state index in [1.807, 2.05) is 0 Å². The summed E-state index contributed by atoms with van der Waals surface area (Å²) < 4.78 is 0. The van der Waals surface area contributed by atoms with Gasteiger partial charge >= 0.3 is 0 Å². The van der Waals surface area contributed by atoms with Crippen LogP contribution in [0.2, 0.25) is 0 Å². The van der Waals surface area contributed by atoms with Gasteiger partial charge < -0.3 is 0 Å². The Morgan fingerprint density at radius 2 is 1.74 bits per heavy atom. The zero-order valence-electron chi connectivity index (χ0n) is 12.1. The topological polar surface area (TPSA) is 17.1 Å². The van der Waals surface area contributed by atoms with Crippen LogP contribution in [0.1, 0.15) is 57.4 Å². The third-order valence-corrected chi connectivity index (χ3v) is 3.24. The van der Waals surface area contributed by atoms with Crippen LogP contribution in [0.15, 0.2) is 42.5 Å². The predicted molar refractivity (Wildman–Crippen MR) is 82.3 cm³/mol. The monoisotopic (exact) mass is 258 g/mol. The van der Waals surface area contributed by atoms with Gasteiger partial charge in [-0.25, -0.2) is 0 Å². The molecular formula is C18H26O. The molecule has 0 radical (unpaired) electrons. The van der Waals surface area contributed by atoms with Crippen molar-refractivity contribution in [1.29, 1.82) is 0 Å². The first-order valence-corrected chi connectivity index (χ1v) is 7.53. The van der Waals surface area contributed by atoms with Crippen molar-refractivity contribution >= 4 is 5.78 Å². The van der Waals surface area contributed by atoms with E-state index in [-0.39, 0.29) is 0 Å². The number of hydrogen-bond acceptors (Lipinski definition) is 1. The molecule has 0 saturated heterocycles. The summed E-state index contributed by atoms with van der Waals surface area (Å²) in [6.45, 7) is 2.12. The normalized spacial score (nSPS) is 11.0. The fourth-order valence-electron chi connectivity index (χ4n) is 2.05. The number of aryl methyl sites for hydroxylation is 1.